The van der Waals surface area contributed by atoms with Crippen molar-refractivity contribution in [2.45, 2.75) is 33.1 Å². The fourth-order valence-electron chi connectivity index (χ4n) is 0.949. The lowest BCUT2D eigenvalue weighted by molar-refractivity contribution is -0.123. The molecule has 1 atom stereocenters. The van der Waals surface area contributed by atoms with Gasteiger partial charge in [-0.3, -0.25) is 9.59 Å². The van der Waals surface area contributed by atoms with E-state index in [1.807, 2.05) is 13.8 Å². The van der Waals surface area contributed by atoms with E-state index in [9.17, 15) is 9.59 Å². The Morgan fingerprint density at radius 3 is 2.58 bits per heavy atom. The second-order valence-corrected chi connectivity index (χ2v) is 2.71. The molecule has 0 heterocycles. The van der Waals surface area contributed by atoms with Crippen molar-refractivity contribution < 1.29 is 9.59 Å². The van der Waals surface area contributed by atoms with Gasteiger partial charge in [0, 0.05) is 6.54 Å². The number of nitrogens with one attached hydrogen (secondary N) is 1. The monoisotopic (exact) mass is 170 g/mol. The van der Waals surface area contributed by atoms with Crippen molar-refractivity contribution in [3.8, 4) is 0 Å². The van der Waals surface area contributed by atoms with Crippen LogP contribution < -0.4 is 5.32 Å². The summed E-state index contributed by atoms with van der Waals surface area (Å²) in [6.45, 7) is 4.43. The molecule has 12 heavy (non-hydrogen) atoms. The van der Waals surface area contributed by atoms with Crippen LogP contribution in [0.5, 0.6) is 0 Å². The Balaban J connectivity index is 3.79. The van der Waals surface area contributed by atoms with Crippen molar-refractivity contribution in [1.82, 2.24) is 5.32 Å². The first-order valence-corrected chi connectivity index (χ1v) is 4.41. The number of rotatable bonds is 6. The molecule has 0 spiro atoms. The molecule has 0 fully saturated rings. The summed E-state index contributed by atoms with van der Waals surface area (Å²) in [5.41, 5.74) is 0. The molecule has 1 unspecified atom stereocenters. The smallest absolute Gasteiger partial charge is 0.231 e. The lowest BCUT2D eigenvalue weighted by atomic mass is 10.0. The van der Waals surface area contributed by atoms with Crippen molar-refractivity contribution in [2.75, 3.05) is 6.54 Å². The summed E-state index contributed by atoms with van der Waals surface area (Å²) in [7, 11) is 0. The SMILES string of the molecule is CCCCC([C]=O)C(=O)NCC. The van der Waals surface area contributed by atoms with Gasteiger partial charge in [0.1, 0.15) is 5.92 Å². The average Bonchev–Trinajstić information content (AvgIpc) is 2.06. The Hall–Kier alpha value is -0.860. The van der Waals surface area contributed by atoms with Crippen LogP contribution in [0.15, 0.2) is 0 Å². The van der Waals surface area contributed by atoms with Crippen LogP contribution in [0, 0.1) is 5.92 Å². The highest BCUT2D eigenvalue weighted by molar-refractivity contribution is 5.91. The minimum Gasteiger partial charge on any atom is -0.356 e. The van der Waals surface area contributed by atoms with Crippen molar-refractivity contribution in [1.29, 1.82) is 0 Å². The first-order valence-electron chi connectivity index (χ1n) is 4.41. The van der Waals surface area contributed by atoms with Gasteiger partial charge in [-0.2, -0.15) is 0 Å². The Morgan fingerprint density at radius 1 is 1.50 bits per heavy atom. The van der Waals surface area contributed by atoms with Crippen LogP contribution in [0.2, 0.25) is 0 Å². The van der Waals surface area contributed by atoms with Crippen molar-refractivity contribution in [2.24, 2.45) is 5.92 Å². The number of carbonyl (C=O) groups is 1. The number of carbonyl (C=O) groups excluding carboxylic acids is 2. The zero-order valence-corrected chi connectivity index (χ0v) is 7.72. The number of amides is 1. The largest absolute Gasteiger partial charge is 0.356 e. The van der Waals surface area contributed by atoms with Gasteiger partial charge in [0.2, 0.25) is 12.2 Å². The van der Waals surface area contributed by atoms with Gasteiger partial charge in [-0.15, -0.1) is 0 Å². The van der Waals surface area contributed by atoms with E-state index < -0.39 is 5.92 Å². The molecule has 0 saturated heterocycles. The topological polar surface area (TPSA) is 46.2 Å². The molecule has 0 aliphatic carbocycles. The summed E-state index contributed by atoms with van der Waals surface area (Å²) in [6, 6.07) is 0. The molecule has 0 aromatic heterocycles. The molecular weight excluding hydrogens is 154 g/mol. The number of unbranched alkanes of at least 4 members (excludes halogenated alkanes) is 1. The van der Waals surface area contributed by atoms with E-state index >= 15 is 0 Å². The molecule has 1 radical (unpaired) electrons. The van der Waals surface area contributed by atoms with Crippen LogP contribution in [0.25, 0.3) is 0 Å². The Labute approximate surface area is 73.5 Å². The molecule has 0 bridgehead atoms. The maximum atomic E-state index is 11.1. The van der Waals surface area contributed by atoms with E-state index in [4.69, 9.17) is 0 Å². The first-order chi connectivity index (χ1) is 5.76. The molecule has 0 saturated carbocycles. The quantitative estimate of drug-likeness (QED) is 0.605. The van der Waals surface area contributed by atoms with E-state index in [2.05, 4.69) is 5.32 Å². The third kappa shape index (κ3) is 4.11. The molecule has 1 N–H and O–H groups in total. The summed E-state index contributed by atoms with van der Waals surface area (Å²) in [5.74, 6) is -0.758. The van der Waals surface area contributed by atoms with Crippen LogP contribution in [0.4, 0.5) is 0 Å². The summed E-state index contributed by atoms with van der Waals surface area (Å²) in [4.78, 5) is 21.4. The van der Waals surface area contributed by atoms with Gasteiger partial charge in [-0.25, -0.2) is 0 Å². The van der Waals surface area contributed by atoms with Gasteiger partial charge >= 0.3 is 0 Å². The fourth-order valence-corrected chi connectivity index (χ4v) is 0.949. The third-order valence-corrected chi connectivity index (χ3v) is 1.66. The first kappa shape index (κ1) is 11.1. The minimum absolute atomic E-state index is 0.194. The number of hydrogen-bond donors (Lipinski definition) is 1. The van der Waals surface area contributed by atoms with Gasteiger partial charge in [-0.05, 0) is 13.3 Å². The highest BCUT2D eigenvalue weighted by Crippen LogP contribution is 2.05. The molecular formula is C9H16NO2. The van der Waals surface area contributed by atoms with Crippen LogP contribution in [-0.4, -0.2) is 18.7 Å². The van der Waals surface area contributed by atoms with Gasteiger partial charge < -0.3 is 5.32 Å². The predicted octanol–water partition coefficient (Wildman–Crippen LogP) is 1.04. The zero-order chi connectivity index (χ0) is 9.40. The van der Waals surface area contributed by atoms with Gasteiger partial charge in [0.15, 0.2) is 0 Å². The Kier molecular flexibility index (Phi) is 6.34. The fraction of sp³-hybridized carbons (Fsp3) is 0.778. The van der Waals surface area contributed by atoms with E-state index in [-0.39, 0.29) is 5.91 Å². The van der Waals surface area contributed by atoms with Crippen LogP contribution >= 0.6 is 0 Å². The molecule has 1 amide bonds. The second kappa shape index (κ2) is 6.83. The zero-order valence-electron chi connectivity index (χ0n) is 7.72. The average molecular weight is 170 g/mol. The van der Waals surface area contributed by atoms with Crippen molar-refractivity contribution >= 4 is 12.2 Å². The van der Waals surface area contributed by atoms with Gasteiger partial charge in [0.25, 0.3) is 0 Å². The Bertz CT molecular complexity index is 145. The van der Waals surface area contributed by atoms with E-state index in [0.717, 1.165) is 12.8 Å². The molecule has 69 valence electrons. The van der Waals surface area contributed by atoms with Crippen molar-refractivity contribution in [3.63, 3.8) is 0 Å². The minimum atomic E-state index is -0.565. The number of hydrogen-bond acceptors (Lipinski definition) is 2. The second-order valence-electron chi connectivity index (χ2n) is 2.71. The molecule has 3 nitrogen and oxygen atoms in total. The maximum absolute atomic E-state index is 11.1. The molecule has 0 rings (SSSR count). The van der Waals surface area contributed by atoms with Gasteiger partial charge in [0.05, 0.1) is 0 Å². The highest BCUT2D eigenvalue weighted by atomic mass is 16.2. The molecule has 0 aromatic carbocycles. The highest BCUT2D eigenvalue weighted by Gasteiger charge is 2.16. The van der Waals surface area contributed by atoms with E-state index in [1.165, 1.54) is 0 Å². The molecule has 0 aliphatic rings. The summed E-state index contributed by atoms with van der Waals surface area (Å²) in [5, 5.41) is 2.60. The lowest BCUT2D eigenvalue weighted by Gasteiger charge is -2.07. The lowest BCUT2D eigenvalue weighted by Crippen LogP contribution is -2.31. The van der Waals surface area contributed by atoms with Crippen LogP contribution in [0.3, 0.4) is 0 Å². The Morgan fingerprint density at radius 2 is 2.17 bits per heavy atom. The third-order valence-electron chi connectivity index (χ3n) is 1.66. The normalized spacial score (nSPS) is 12.2. The molecule has 0 aliphatic heterocycles. The maximum Gasteiger partial charge on any atom is 0.231 e. The van der Waals surface area contributed by atoms with Crippen molar-refractivity contribution in [3.05, 3.63) is 0 Å². The van der Waals surface area contributed by atoms with E-state index in [0.29, 0.717) is 13.0 Å². The molecule has 3 heteroatoms. The summed E-state index contributed by atoms with van der Waals surface area (Å²) < 4.78 is 0. The predicted molar refractivity (Wildman–Crippen MR) is 47.4 cm³/mol. The standard InChI is InChI=1S/C9H16NO2/c1-3-5-6-8(7-11)9(12)10-4-2/h8H,3-6H2,1-2H3,(H,10,12). The summed E-state index contributed by atoms with van der Waals surface area (Å²) in [6.07, 6.45) is 4.27. The van der Waals surface area contributed by atoms with Gasteiger partial charge in [-0.1, -0.05) is 19.8 Å². The molecule has 0 aromatic rings. The van der Waals surface area contributed by atoms with E-state index in [1.54, 1.807) is 6.29 Å². The van der Waals surface area contributed by atoms with Crippen LogP contribution in [-0.2, 0) is 9.59 Å². The summed E-state index contributed by atoms with van der Waals surface area (Å²) >= 11 is 0. The van der Waals surface area contributed by atoms with Crippen LogP contribution in [0.1, 0.15) is 33.1 Å².